The summed E-state index contributed by atoms with van der Waals surface area (Å²) >= 11 is 0. The number of carbonyl (C=O) groups is 2. The van der Waals surface area contributed by atoms with Crippen molar-refractivity contribution in [1.29, 1.82) is 0 Å². The van der Waals surface area contributed by atoms with Crippen LogP contribution >= 0.6 is 0 Å². The number of nitrogens with zero attached hydrogens (tertiary/aromatic N) is 2. The van der Waals surface area contributed by atoms with Gasteiger partial charge in [-0.3, -0.25) is 9.78 Å². The van der Waals surface area contributed by atoms with Gasteiger partial charge in [-0.25, -0.2) is 14.2 Å². The van der Waals surface area contributed by atoms with Crippen LogP contribution in [-0.4, -0.2) is 39.6 Å². The number of cyclic esters (lactones) is 1. The fourth-order valence-corrected chi connectivity index (χ4v) is 2.87. The number of hydrogen-bond donors (Lipinski definition) is 3. The maximum Gasteiger partial charge on any atom is 0.407 e. The minimum atomic E-state index is -0.736. The van der Waals surface area contributed by atoms with Crippen molar-refractivity contribution >= 4 is 12.0 Å². The zero-order valence-electron chi connectivity index (χ0n) is 14.6. The first-order valence-corrected chi connectivity index (χ1v) is 8.57. The summed E-state index contributed by atoms with van der Waals surface area (Å²) in [5.41, 5.74) is 2.38. The summed E-state index contributed by atoms with van der Waals surface area (Å²) in [7, 11) is 0. The van der Waals surface area contributed by atoms with Crippen molar-refractivity contribution < 1.29 is 18.7 Å². The Labute approximate surface area is 159 Å². The molecule has 1 aliphatic heterocycles. The summed E-state index contributed by atoms with van der Waals surface area (Å²) in [6.45, 7) is 0.0803. The first-order chi connectivity index (χ1) is 13.6. The maximum absolute atomic E-state index is 13.7. The van der Waals surface area contributed by atoms with Crippen LogP contribution in [0.3, 0.4) is 0 Å². The molecule has 0 saturated carbocycles. The Kier molecular flexibility index (Phi) is 4.71. The second-order valence-electron chi connectivity index (χ2n) is 6.15. The number of amides is 2. The summed E-state index contributed by atoms with van der Waals surface area (Å²) in [6, 6.07) is 10.8. The van der Waals surface area contributed by atoms with E-state index in [1.807, 2.05) is 12.1 Å². The Hall–Kier alpha value is -3.75. The van der Waals surface area contributed by atoms with E-state index >= 15 is 0 Å². The van der Waals surface area contributed by atoms with E-state index in [1.54, 1.807) is 24.4 Å². The smallest absolute Gasteiger partial charge is 0.407 e. The predicted molar refractivity (Wildman–Crippen MR) is 97.3 cm³/mol. The van der Waals surface area contributed by atoms with Gasteiger partial charge < -0.3 is 20.4 Å². The fourth-order valence-electron chi connectivity index (χ4n) is 2.87. The molecule has 4 rings (SSSR count). The van der Waals surface area contributed by atoms with Crippen LogP contribution in [0.2, 0.25) is 0 Å². The molecule has 0 unspecified atom stereocenters. The van der Waals surface area contributed by atoms with Crippen molar-refractivity contribution in [1.82, 2.24) is 25.6 Å². The van der Waals surface area contributed by atoms with E-state index in [1.165, 1.54) is 12.1 Å². The second-order valence-corrected chi connectivity index (χ2v) is 6.15. The van der Waals surface area contributed by atoms with Crippen molar-refractivity contribution in [2.45, 2.75) is 12.6 Å². The van der Waals surface area contributed by atoms with Gasteiger partial charge in [0.05, 0.1) is 23.6 Å². The van der Waals surface area contributed by atoms with E-state index < -0.39 is 12.1 Å². The maximum atomic E-state index is 13.7. The molecule has 1 aromatic carbocycles. The number of imidazole rings is 1. The van der Waals surface area contributed by atoms with Crippen molar-refractivity contribution in [2.75, 3.05) is 6.61 Å². The molecule has 142 valence electrons. The monoisotopic (exact) mass is 381 g/mol. The van der Waals surface area contributed by atoms with E-state index in [9.17, 15) is 14.0 Å². The van der Waals surface area contributed by atoms with Gasteiger partial charge in [0, 0.05) is 11.8 Å². The molecule has 0 aliphatic carbocycles. The van der Waals surface area contributed by atoms with E-state index in [4.69, 9.17) is 4.74 Å². The number of alkyl carbamates (subject to hydrolysis) is 1. The lowest BCUT2D eigenvalue weighted by atomic mass is 10.1. The van der Waals surface area contributed by atoms with Gasteiger partial charge in [-0.05, 0) is 24.3 Å². The highest BCUT2D eigenvalue weighted by molar-refractivity contribution is 5.87. The van der Waals surface area contributed by atoms with Crippen LogP contribution in [0.1, 0.15) is 5.82 Å². The summed E-state index contributed by atoms with van der Waals surface area (Å²) in [4.78, 5) is 35.2. The van der Waals surface area contributed by atoms with Gasteiger partial charge >= 0.3 is 6.09 Å². The molecule has 3 N–H and O–H groups in total. The molecule has 28 heavy (non-hydrogen) atoms. The second kappa shape index (κ2) is 7.47. The van der Waals surface area contributed by atoms with E-state index in [2.05, 4.69) is 25.6 Å². The zero-order chi connectivity index (χ0) is 19.5. The van der Waals surface area contributed by atoms with Gasteiger partial charge in [0.1, 0.15) is 24.3 Å². The Balaban J connectivity index is 1.60. The molecule has 0 spiro atoms. The third kappa shape index (κ3) is 3.68. The summed E-state index contributed by atoms with van der Waals surface area (Å²) < 4.78 is 18.4. The van der Waals surface area contributed by atoms with Crippen LogP contribution in [0, 0.1) is 5.82 Å². The molecular formula is C19H16FN5O3. The summed E-state index contributed by atoms with van der Waals surface area (Å²) in [6.07, 6.45) is 1.03. The molecule has 2 aromatic heterocycles. The zero-order valence-corrected chi connectivity index (χ0v) is 14.6. The third-order valence-electron chi connectivity index (χ3n) is 4.19. The number of pyridine rings is 1. The van der Waals surface area contributed by atoms with E-state index in [0.717, 1.165) is 0 Å². The topological polar surface area (TPSA) is 109 Å². The number of hydrogen-bond acceptors (Lipinski definition) is 5. The van der Waals surface area contributed by atoms with Crippen LogP contribution < -0.4 is 10.6 Å². The van der Waals surface area contributed by atoms with Crippen LogP contribution in [-0.2, 0) is 16.1 Å². The van der Waals surface area contributed by atoms with Crippen LogP contribution in [0.5, 0.6) is 0 Å². The Morgan fingerprint density at radius 2 is 2.18 bits per heavy atom. The molecule has 3 aromatic rings. The molecule has 9 heteroatoms. The molecule has 2 amide bonds. The standard InChI is InChI=1S/C19H16FN5O3/c20-12-5-3-4-11(8-12)16-17(13-6-1-2-7-21-13)25-15(24-16)9-22-18(26)14-10-28-19(27)23-14/h1-8,14H,9-10H2,(H,22,26)(H,23,27)(H,24,25)/t14-/m0/s1. The van der Waals surface area contributed by atoms with Crippen molar-refractivity contribution in [3.05, 3.63) is 60.3 Å². The highest BCUT2D eigenvalue weighted by Gasteiger charge is 2.28. The molecule has 0 radical (unpaired) electrons. The van der Waals surface area contributed by atoms with Crippen molar-refractivity contribution in [3.8, 4) is 22.6 Å². The van der Waals surface area contributed by atoms with Crippen LogP contribution in [0.15, 0.2) is 48.7 Å². The Bertz CT molecular complexity index is 1020. The number of H-pyrrole nitrogens is 1. The molecular weight excluding hydrogens is 365 g/mol. The molecule has 1 fully saturated rings. The Morgan fingerprint density at radius 3 is 2.89 bits per heavy atom. The van der Waals surface area contributed by atoms with Gasteiger partial charge in [-0.1, -0.05) is 18.2 Å². The number of benzene rings is 1. The summed E-state index contributed by atoms with van der Waals surface area (Å²) in [5, 5.41) is 5.10. The SMILES string of the molecule is O=C1N[C@H](C(=O)NCc2nc(-c3cccc(F)c3)c(-c3ccccn3)[nH]2)CO1. The molecule has 1 saturated heterocycles. The first-order valence-electron chi connectivity index (χ1n) is 8.57. The highest BCUT2D eigenvalue weighted by Crippen LogP contribution is 2.29. The fraction of sp³-hybridized carbons (Fsp3) is 0.158. The number of nitrogens with one attached hydrogen (secondary N) is 3. The number of aromatic amines is 1. The lowest BCUT2D eigenvalue weighted by molar-refractivity contribution is -0.123. The van der Waals surface area contributed by atoms with Crippen molar-refractivity contribution in [2.24, 2.45) is 0 Å². The van der Waals surface area contributed by atoms with E-state index in [-0.39, 0.29) is 24.9 Å². The average Bonchev–Trinajstić information content (AvgIpc) is 3.33. The minimum Gasteiger partial charge on any atom is -0.447 e. The highest BCUT2D eigenvalue weighted by atomic mass is 19.1. The van der Waals surface area contributed by atoms with Gasteiger partial charge in [-0.15, -0.1) is 0 Å². The number of halogens is 1. The number of rotatable bonds is 5. The van der Waals surface area contributed by atoms with Gasteiger partial charge in [-0.2, -0.15) is 0 Å². The average molecular weight is 381 g/mol. The number of ether oxygens (including phenoxy) is 1. The van der Waals surface area contributed by atoms with Crippen LogP contribution in [0.25, 0.3) is 22.6 Å². The quantitative estimate of drug-likeness (QED) is 0.626. The normalized spacial score (nSPS) is 15.8. The first kappa shape index (κ1) is 17.7. The lowest BCUT2D eigenvalue weighted by Gasteiger charge is -2.07. The van der Waals surface area contributed by atoms with Crippen LogP contribution in [0.4, 0.5) is 9.18 Å². The Morgan fingerprint density at radius 1 is 1.29 bits per heavy atom. The van der Waals surface area contributed by atoms with Gasteiger partial charge in [0.2, 0.25) is 5.91 Å². The molecule has 1 aliphatic rings. The molecule has 0 bridgehead atoms. The third-order valence-corrected chi connectivity index (χ3v) is 4.19. The number of aromatic nitrogens is 3. The summed E-state index contributed by atoms with van der Waals surface area (Å²) in [5.74, 6) is -0.285. The molecule has 3 heterocycles. The molecule has 1 atom stereocenters. The van der Waals surface area contributed by atoms with Crippen molar-refractivity contribution in [3.63, 3.8) is 0 Å². The lowest BCUT2D eigenvalue weighted by Crippen LogP contribution is -2.42. The molecule has 8 nitrogen and oxygen atoms in total. The van der Waals surface area contributed by atoms with E-state index in [0.29, 0.717) is 28.5 Å². The predicted octanol–water partition coefficient (Wildman–Crippen LogP) is 2.00. The number of carbonyl (C=O) groups excluding carboxylic acids is 2. The minimum absolute atomic E-state index is 0.0173. The largest absolute Gasteiger partial charge is 0.447 e. The van der Waals surface area contributed by atoms with Gasteiger partial charge in [0.25, 0.3) is 0 Å². The van der Waals surface area contributed by atoms with Gasteiger partial charge in [0.15, 0.2) is 0 Å².